The normalized spacial score (nSPS) is 11.1. The largest absolute Gasteiger partial charge is 0.379 e. The van der Waals surface area contributed by atoms with Crippen molar-refractivity contribution in [1.82, 2.24) is 0 Å². The van der Waals surface area contributed by atoms with Gasteiger partial charge in [-0.1, -0.05) is 46.0 Å². The topological polar surface area (TPSA) is 29.1 Å². The maximum Gasteiger partial charge on any atom is 0.106 e. The number of hydrogen-bond acceptors (Lipinski definition) is 1. The van der Waals surface area contributed by atoms with Gasteiger partial charge >= 0.3 is 0 Å². The highest BCUT2D eigenvalue weighted by atomic mass is 16.5. The fraction of sp³-hybridized carbons (Fsp3) is 1.00. The van der Waals surface area contributed by atoms with Crippen molar-refractivity contribution in [2.45, 2.75) is 52.4 Å². The summed E-state index contributed by atoms with van der Waals surface area (Å²) in [6, 6.07) is 0. The molecule has 0 atom stereocenters. The standard InChI is InChI=1S/C12H25O2/c1-12(2)8-6-4-3-5-7-10-14-11-9-13/h12H,3-11H2,1-2H3. The Balaban J connectivity index is 2.85. The molecule has 0 aromatic carbocycles. The Bertz CT molecular complexity index is 102. The molecule has 0 spiro atoms. The first-order valence-electron chi connectivity index (χ1n) is 5.93. The summed E-state index contributed by atoms with van der Waals surface area (Å²) in [4.78, 5) is 0. The van der Waals surface area contributed by atoms with Crippen LogP contribution in [0.3, 0.4) is 0 Å². The molecule has 0 saturated carbocycles. The second-order valence-corrected chi connectivity index (χ2v) is 4.27. The summed E-state index contributed by atoms with van der Waals surface area (Å²) in [5.41, 5.74) is 0. The van der Waals surface area contributed by atoms with Crippen LogP contribution >= 0.6 is 0 Å². The van der Waals surface area contributed by atoms with Gasteiger partial charge in [-0.25, -0.2) is 5.11 Å². The van der Waals surface area contributed by atoms with Gasteiger partial charge in [0, 0.05) is 6.61 Å². The van der Waals surface area contributed by atoms with Gasteiger partial charge in [-0.15, -0.1) is 0 Å². The maximum atomic E-state index is 10.0. The molecule has 1 radical (unpaired) electrons. The molecule has 0 aliphatic heterocycles. The van der Waals surface area contributed by atoms with Crippen molar-refractivity contribution >= 4 is 0 Å². The average Bonchev–Trinajstić information content (AvgIpc) is 2.15. The zero-order valence-corrected chi connectivity index (χ0v) is 9.76. The third kappa shape index (κ3) is 11.9. The molecule has 0 aromatic heterocycles. The average molecular weight is 201 g/mol. The Kier molecular flexibility index (Phi) is 10.9. The third-order valence-electron chi connectivity index (χ3n) is 2.30. The summed E-state index contributed by atoms with van der Waals surface area (Å²) >= 11 is 0. The molecule has 0 aliphatic rings. The molecular weight excluding hydrogens is 176 g/mol. The molecule has 0 aromatic rings. The lowest BCUT2D eigenvalue weighted by atomic mass is 10.0. The smallest absolute Gasteiger partial charge is 0.106 e. The molecule has 0 heterocycles. The Labute approximate surface area is 88.7 Å². The van der Waals surface area contributed by atoms with Crippen LogP contribution in [0.5, 0.6) is 0 Å². The summed E-state index contributed by atoms with van der Waals surface area (Å²) in [6.45, 7) is 5.60. The van der Waals surface area contributed by atoms with E-state index < -0.39 is 0 Å². The van der Waals surface area contributed by atoms with Gasteiger partial charge in [0.05, 0.1) is 6.61 Å². The molecule has 0 unspecified atom stereocenters. The number of hydrogen-bond donors (Lipinski definition) is 0. The van der Waals surface area contributed by atoms with Crippen molar-refractivity contribution in [3.8, 4) is 0 Å². The summed E-state index contributed by atoms with van der Waals surface area (Å²) in [6.07, 6.45) is 7.73. The number of ether oxygens (including phenoxy) is 1. The van der Waals surface area contributed by atoms with E-state index in [1.807, 2.05) is 0 Å². The maximum absolute atomic E-state index is 10.0. The lowest BCUT2D eigenvalue weighted by Crippen LogP contribution is -1.99. The van der Waals surface area contributed by atoms with E-state index in [-0.39, 0.29) is 6.61 Å². The highest BCUT2D eigenvalue weighted by Gasteiger charge is 1.94. The molecule has 0 saturated heterocycles. The fourth-order valence-electron chi connectivity index (χ4n) is 1.45. The SMILES string of the molecule is CC(C)CCCCCCCOCC[O]. The molecule has 0 aliphatic carbocycles. The molecule has 2 nitrogen and oxygen atoms in total. The van der Waals surface area contributed by atoms with Crippen molar-refractivity contribution in [3.05, 3.63) is 0 Å². The van der Waals surface area contributed by atoms with Crippen LogP contribution in [0.1, 0.15) is 52.4 Å². The summed E-state index contributed by atoms with van der Waals surface area (Å²) in [5.74, 6) is 0.843. The predicted molar refractivity (Wildman–Crippen MR) is 58.9 cm³/mol. The van der Waals surface area contributed by atoms with E-state index in [4.69, 9.17) is 4.74 Å². The van der Waals surface area contributed by atoms with E-state index in [1.165, 1.54) is 32.1 Å². The first kappa shape index (κ1) is 13.9. The van der Waals surface area contributed by atoms with E-state index in [0.717, 1.165) is 18.9 Å². The second kappa shape index (κ2) is 11.0. The molecule has 0 rings (SSSR count). The lowest BCUT2D eigenvalue weighted by Gasteiger charge is -2.04. The zero-order chi connectivity index (χ0) is 10.6. The Hall–Kier alpha value is -0.0800. The zero-order valence-electron chi connectivity index (χ0n) is 9.76. The molecule has 85 valence electrons. The van der Waals surface area contributed by atoms with Crippen LogP contribution in [-0.4, -0.2) is 19.8 Å². The first-order chi connectivity index (χ1) is 6.77. The van der Waals surface area contributed by atoms with E-state index >= 15 is 0 Å². The van der Waals surface area contributed by atoms with Gasteiger partial charge in [-0.2, -0.15) is 0 Å². The van der Waals surface area contributed by atoms with E-state index in [2.05, 4.69) is 13.8 Å². The van der Waals surface area contributed by atoms with Gasteiger partial charge in [0.25, 0.3) is 0 Å². The van der Waals surface area contributed by atoms with Gasteiger partial charge in [0.2, 0.25) is 0 Å². The van der Waals surface area contributed by atoms with Crippen LogP contribution in [0.4, 0.5) is 0 Å². The van der Waals surface area contributed by atoms with Crippen LogP contribution in [0.2, 0.25) is 0 Å². The van der Waals surface area contributed by atoms with Crippen molar-refractivity contribution in [1.29, 1.82) is 0 Å². The Morgan fingerprint density at radius 1 is 0.929 bits per heavy atom. The van der Waals surface area contributed by atoms with Crippen LogP contribution in [-0.2, 0) is 9.84 Å². The molecule has 0 amide bonds. The van der Waals surface area contributed by atoms with E-state index in [0.29, 0.717) is 6.61 Å². The molecule has 2 heteroatoms. The predicted octanol–water partition coefficient (Wildman–Crippen LogP) is 3.43. The summed E-state index contributed by atoms with van der Waals surface area (Å²) in [7, 11) is 0. The first-order valence-corrected chi connectivity index (χ1v) is 5.93. The molecule has 14 heavy (non-hydrogen) atoms. The van der Waals surface area contributed by atoms with Gasteiger partial charge in [0.15, 0.2) is 0 Å². The van der Waals surface area contributed by atoms with Crippen LogP contribution in [0.15, 0.2) is 0 Å². The van der Waals surface area contributed by atoms with Crippen molar-refractivity contribution in [3.63, 3.8) is 0 Å². The van der Waals surface area contributed by atoms with Crippen molar-refractivity contribution in [2.75, 3.05) is 19.8 Å². The van der Waals surface area contributed by atoms with Crippen molar-refractivity contribution in [2.24, 2.45) is 5.92 Å². The van der Waals surface area contributed by atoms with Gasteiger partial charge < -0.3 is 4.74 Å². The van der Waals surface area contributed by atoms with Crippen molar-refractivity contribution < 1.29 is 9.84 Å². The molecule has 0 fully saturated rings. The monoisotopic (exact) mass is 201 g/mol. The molecule has 0 bridgehead atoms. The number of unbranched alkanes of at least 4 members (excludes halogenated alkanes) is 4. The van der Waals surface area contributed by atoms with Crippen LogP contribution < -0.4 is 0 Å². The lowest BCUT2D eigenvalue weighted by molar-refractivity contribution is 0.0618. The highest BCUT2D eigenvalue weighted by molar-refractivity contribution is 4.48. The van der Waals surface area contributed by atoms with E-state index in [9.17, 15) is 5.11 Å². The minimum absolute atomic E-state index is 0.103. The van der Waals surface area contributed by atoms with E-state index in [1.54, 1.807) is 0 Å². The van der Waals surface area contributed by atoms with Gasteiger partial charge in [-0.3, -0.25) is 0 Å². The van der Waals surface area contributed by atoms with Gasteiger partial charge in [-0.05, 0) is 12.3 Å². The fourth-order valence-corrected chi connectivity index (χ4v) is 1.45. The minimum Gasteiger partial charge on any atom is -0.379 e. The van der Waals surface area contributed by atoms with Crippen LogP contribution in [0.25, 0.3) is 0 Å². The Morgan fingerprint density at radius 2 is 1.57 bits per heavy atom. The second-order valence-electron chi connectivity index (χ2n) is 4.27. The highest BCUT2D eigenvalue weighted by Crippen LogP contribution is 2.10. The number of rotatable bonds is 10. The van der Waals surface area contributed by atoms with Gasteiger partial charge in [0.1, 0.15) is 6.61 Å². The minimum atomic E-state index is -0.103. The molecular formula is C12H25O2. The van der Waals surface area contributed by atoms with Crippen LogP contribution in [0, 0.1) is 5.92 Å². The summed E-state index contributed by atoms with van der Waals surface area (Å²) < 4.78 is 5.12. The molecule has 0 N–H and O–H groups in total. The Morgan fingerprint density at radius 3 is 2.21 bits per heavy atom. The third-order valence-corrected chi connectivity index (χ3v) is 2.30. The summed E-state index contributed by atoms with van der Waals surface area (Å²) in [5, 5.41) is 10.0. The quantitative estimate of drug-likeness (QED) is 0.498.